The third kappa shape index (κ3) is 10.2. The predicted molar refractivity (Wildman–Crippen MR) is 319 cm³/mol. The number of dihydropyridines is 1. The van der Waals surface area contributed by atoms with Gasteiger partial charge in [-0.15, -0.1) is 0 Å². The summed E-state index contributed by atoms with van der Waals surface area (Å²) in [6.45, 7) is 1.41. The van der Waals surface area contributed by atoms with Gasteiger partial charge in [-0.3, -0.25) is 0 Å². The van der Waals surface area contributed by atoms with E-state index in [1.165, 1.54) is 36.0 Å². The van der Waals surface area contributed by atoms with Gasteiger partial charge in [-0.25, -0.2) is 0 Å². The molecule has 6 aromatic rings. The summed E-state index contributed by atoms with van der Waals surface area (Å²) in [7, 11) is 1.94. The second kappa shape index (κ2) is 22.9. The van der Waals surface area contributed by atoms with E-state index in [9.17, 15) is 25.5 Å². The highest BCUT2D eigenvalue weighted by Gasteiger charge is 2.58. The number of nitrogens with zero attached hydrogens (tertiary/aromatic N) is 1. The van der Waals surface area contributed by atoms with Gasteiger partial charge in [0.2, 0.25) is 0 Å². The van der Waals surface area contributed by atoms with E-state index >= 15 is 0 Å². The molecule has 0 amide bonds. The second-order valence-corrected chi connectivity index (χ2v) is 24.9. The molecule has 14 rings (SSSR count). The van der Waals surface area contributed by atoms with E-state index in [0.717, 1.165) is 131 Å². The van der Waals surface area contributed by atoms with Gasteiger partial charge in [-0.05, 0) is 189 Å². The standard InChI is InChI=1S/C70H80N4O8/c1-72-37-58-55-21-17-43(15-16-44-18-23-62(77)48(29-44)30-45-10-7-12-53(76)31-45)9-8-13-54-36-63(78)47-19-22-56-57(34-47)50(40-75)35-64(79)66(56)81-41-51-33-52(32-49-38-74(39-59(49)51)68(73-67(58)71)60(55)42-80-54)70-27-28-82-69(25-5-2-6-26-69)65(70)24-20-46-11-3-4-14-61(46)70/h3-4,7,10-12,14,18,23,29,31-33,35,38-39,43,47,54,63,65,67,72-73,75-79H,2,5-6,8-9,13,15-16,19-20,22,24-28,30,34,36-37,40-42,71H2,1H3/t43-,47-,54+,63+,65+,67?,70+/m1/s1. The molecular weight excluding hydrogens is 1020 g/mol. The Labute approximate surface area is 482 Å². The Hall–Kier alpha value is -6.56. The molecule has 5 aliphatic heterocycles. The zero-order valence-electron chi connectivity index (χ0n) is 47.5. The number of phenolic OH excluding ortho intramolecular Hbond substituents is 3. The Bertz CT molecular complexity index is 3520. The van der Waals surface area contributed by atoms with Gasteiger partial charge in [0.1, 0.15) is 30.1 Å². The number of nitrogens with two attached hydrogens (primary N) is 1. The summed E-state index contributed by atoms with van der Waals surface area (Å²) in [4.78, 5) is 0. The maximum atomic E-state index is 12.4. The first-order valence-electron chi connectivity index (χ1n) is 30.5. The fourth-order valence-corrected chi connectivity index (χ4v) is 16.1. The number of aromatic hydroxyl groups is 3. The fraction of sp³-hybridized carbons (Fsp3) is 0.457. The molecule has 428 valence electrons. The minimum Gasteiger partial charge on any atom is -0.508 e. The van der Waals surface area contributed by atoms with Crippen LogP contribution >= 0.6 is 0 Å². The van der Waals surface area contributed by atoms with Crippen molar-refractivity contribution in [1.29, 1.82) is 0 Å². The van der Waals surface area contributed by atoms with Gasteiger partial charge in [0.25, 0.3) is 0 Å². The van der Waals surface area contributed by atoms with Crippen molar-refractivity contribution in [1.82, 2.24) is 15.2 Å². The molecule has 0 radical (unpaired) electrons. The average Bonchev–Trinajstić information content (AvgIpc) is 2.18. The fourth-order valence-electron chi connectivity index (χ4n) is 16.1. The van der Waals surface area contributed by atoms with E-state index < -0.39 is 12.3 Å². The molecule has 6 heterocycles. The van der Waals surface area contributed by atoms with Crippen molar-refractivity contribution >= 4 is 16.6 Å². The van der Waals surface area contributed by atoms with Gasteiger partial charge >= 0.3 is 0 Å². The molecule has 12 heteroatoms. The summed E-state index contributed by atoms with van der Waals surface area (Å²) in [5, 5.41) is 65.5. The summed E-state index contributed by atoms with van der Waals surface area (Å²) in [6, 6.07) is 28.7. The van der Waals surface area contributed by atoms with Crippen LogP contribution in [0.1, 0.15) is 139 Å². The van der Waals surface area contributed by atoms with Crippen LogP contribution in [0.5, 0.6) is 23.0 Å². The lowest BCUT2D eigenvalue weighted by Gasteiger charge is -2.59. The molecule has 5 aromatic carbocycles. The second-order valence-electron chi connectivity index (χ2n) is 24.9. The highest BCUT2D eigenvalue weighted by molar-refractivity contribution is 5.89. The molecule has 1 spiro atoms. The zero-order chi connectivity index (χ0) is 56.1. The SMILES string of the molecule is CNCC1=C2C#C[C@@H](CCc3ccc(O)c(Cc4cccc(O)c4)c3)CCC[C@H]3C[C@H](O)[C@@H]4CCc5c(c(CO)cc(O)c5OCc5cc([C@]67CCOC8(CCCCC8)[C@@H]6CCc6ccccc67)cc6cn(cc56)C(=C2CO3)NC1N)C4. The van der Waals surface area contributed by atoms with Crippen LogP contribution in [0, 0.1) is 29.6 Å². The number of fused-ring (bicyclic) bond motifs is 7. The molecule has 1 unspecified atom stereocenters. The van der Waals surface area contributed by atoms with Crippen molar-refractivity contribution in [3.63, 3.8) is 0 Å². The van der Waals surface area contributed by atoms with Gasteiger partial charge in [-0.1, -0.05) is 85.7 Å². The van der Waals surface area contributed by atoms with Crippen LogP contribution in [0.3, 0.4) is 0 Å². The van der Waals surface area contributed by atoms with E-state index in [1.54, 1.807) is 24.3 Å². The van der Waals surface area contributed by atoms with Gasteiger partial charge < -0.3 is 60.7 Å². The average molecular weight is 1110 g/mol. The maximum Gasteiger partial charge on any atom is 0.164 e. The van der Waals surface area contributed by atoms with Crippen LogP contribution in [0.2, 0.25) is 0 Å². The number of rotatable bonds is 9. The van der Waals surface area contributed by atoms with E-state index in [0.29, 0.717) is 56.6 Å². The third-order valence-electron chi connectivity index (χ3n) is 20.1. The summed E-state index contributed by atoms with van der Waals surface area (Å²) in [6.07, 6.45) is 18.3. The van der Waals surface area contributed by atoms with Crippen molar-refractivity contribution in [3.05, 3.63) is 170 Å². The molecule has 82 heavy (non-hydrogen) atoms. The Balaban J connectivity index is 0.960. The molecular formula is C70H80N4O8. The van der Waals surface area contributed by atoms with Crippen molar-refractivity contribution < 1.29 is 39.7 Å². The summed E-state index contributed by atoms with van der Waals surface area (Å²) in [5.74, 6) is 9.51. The Morgan fingerprint density at radius 1 is 0.817 bits per heavy atom. The van der Waals surface area contributed by atoms with E-state index in [2.05, 4.69) is 81.9 Å². The number of aliphatic hydroxyl groups excluding tert-OH is 2. The van der Waals surface area contributed by atoms with Crippen molar-refractivity contribution in [2.24, 2.45) is 23.5 Å². The Kier molecular flexibility index (Phi) is 15.3. The molecule has 1 saturated carbocycles. The lowest BCUT2D eigenvalue weighted by Crippen LogP contribution is -2.59. The largest absolute Gasteiger partial charge is 0.508 e. The molecule has 8 aliphatic rings. The number of aliphatic hydroxyl groups is 2. The van der Waals surface area contributed by atoms with Crippen molar-refractivity contribution in [2.75, 3.05) is 26.8 Å². The molecule has 8 bridgehead atoms. The number of ether oxygens (including phenoxy) is 3. The Morgan fingerprint density at radius 3 is 2.55 bits per heavy atom. The van der Waals surface area contributed by atoms with E-state index in [-0.39, 0.29) is 71.9 Å². The summed E-state index contributed by atoms with van der Waals surface area (Å²) >= 11 is 0. The summed E-state index contributed by atoms with van der Waals surface area (Å²) in [5.41, 5.74) is 20.0. The van der Waals surface area contributed by atoms with Crippen LogP contribution in [0.4, 0.5) is 0 Å². The summed E-state index contributed by atoms with van der Waals surface area (Å²) < 4.78 is 23.5. The topological polar surface area (TPSA) is 184 Å². The number of benzene rings is 5. The highest BCUT2D eigenvalue weighted by Crippen LogP contribution is 2.60. The van der Waals surface area contributed by atoms with Crippen LogP contribution < -0.4 is 21.1 Å². The number of aryl methyl sites for hydroxylation is 2. The smallest absolute Gasteiger partial charge is 0.164 e. The molecule has 12 nitrogen and oxygen atoms in total. The number of aromatic nitrogens is 1. The zero-order valence-corrected chi connectivity index (χ0v) is 47.5. The van der Waals surface area contributed by atoms with Crippen LogP contribution in [-0.2, 0) is 60.2 Å². The maximum absolute atomic E-state index is 12.4. The third-order valence-corrected chi connectivity index (χ3v) is 20.1. The minimum atomic E-state index is -0.683. The number of hydrogen-bond donors (Lipinski definition) is 8. The van der Waals surface area contributed by atoms with E-state index in [1.807, 2.05) is 25.2 Å². The predicted octanol–water partition coefficient (Wildman–Crippen LogP) is 10.7. The number of likely N-dealkylation sites (N-methyl/N-ethyl adjacent to an activating group) is 1. The quantitative estimate of drug-likeness (QED) is 0.0645. The molecule has 7 atom stereocenters. The number of phenols is 3. The molecule has 2 fully saturated rings. The number of hydrogen-bond acceptors (Lipinski definition) is 11. The molecule has 1 saturated heterocycles. The van der Waals surface area contributed by atoms with Crippen molar-refractivity contribution in [2.45, 2.75) is 158 Å². The molecule has 9 N–H and O–H groups in total. The lowest BCUT2D eigenvalue weighted by molar-refractivity contribution is -0.166. The minimum absolute atomic E-state index is 0.0197. The van der Waals surface area contributed by atoms with Crippen LogP contribution in [0.15, 0.2) is 114 Å². The molecule has 3 aliphatic carbocycles. The van der Waals surface area contributed by atoms with Gasteiger partial charge in [-0.2, -0.15) is 0 Å². The monoisotopic (exact) mass is 1100 g/mol. The normalized spacial score (nSPS) is 26.0. The van der Waals surface area contributed by atoms with Crippen molar-refractivity contribution in [3.8, 4) is 34.8 Å². The Morgan fingerprint density at radius 2 is 1.70 bits per heavy atom. The molecule has 1 aromatic heterocycles. The first kappa shape index (κ1) is 54.7. The highest BCUT2D eigenvalue weighted by atomic mass is 16.5. The first-order chi connectivity index (χ1) is 40.0. The van der Waals surface area contributed by atoms with Gasteiger partial charge in [0.05, 0.1) is 31.0 Å². The lowest BCUT2D eigenvalue weighted by atomic mass is 9.51. The first-order valence-corrected chi connectivity index (χ1v) is 30.5. The van der Waals surface area contributed by atoms with Gasteiger partial charge in [0.15, 0.2) is 11.5 Å². The number of nitrogens with one attached hydrogen (secondary N) is 2. The van der Waals surface area contributed by atoms with E-state index in [4.69, 9.17) is 19.9 Å². The van der Waals surface area contributed by atoms with Crippen LogP contribution in [-0.4, -0.2) is 80.9 Å². The van der Waals surface area contributed by atoms with Gasteiger partial charge in [0, 0.05) is 76.7 Å². The van der Waals surface area contributed by atoms with Crippen LogP contribution in [0.25, 0.3) is 16.6 Å².